The lowest BCUT2D eigenvalue weighted by Crippen LogP contribution is -2.02. The van der Waals surface area contributed by atoms with Crippen molar-refractivity contribution >= 4 is 17.8 Å². The van der Waals surface area contributed by atoms with Crippen molar-refractivity contribution in [2.24, 2.45) is 4.99 Å². The molecule has 0 aliphatic heterocycles. The van der Waals surface area contributed by atoms with Gasteiger partial charge in [0.05, 0.1) is 17.0 Å². The van der Waals surface area contributed by atoms with Crippen LogP contribution in [0.1, 0.15) is 19.4 Å². The Morgan fingerprint density at radius 2 is 1.74 bits per heavy atom. The van der Waals surface area contributed by atoms with Gasteiger partial charge >= 0.3 is 0 Å². The number of carbonyl (C=O) groups is 1. The van der Waals surface area contributed by atoms with E-state index in [1.165, 1.54) is 25.6 Å². The Bertz CT molecular complexity index is 1010. The highest BCUT2D eigenvalue weighted by Gasteiger charge is 2.12. The molecule has 2 aromatic carbocycles. The van der Waals surface area contributed by atoms with E-state index in [1.54, 1.807) is 4.68 Å². The summed E-state index contributed by atoms with van der Waals surface area (Å²) in [6.07, 6.45) is 1.38. The van der Waals surface area contributed by atoms with Crippen LogP contribution in [0.25, 0.3) is 16.9 Å². The van der Waals surface area contributed by atoms with Gasteiger partial charge in [-0.1, -0.05) is 48.0 Å². The highest BCUT2D eigenvalue weighted by atomic mass is 16.3. The van der Waals surface area contributed by atoms with Crippen molar-refractivity contribution in [3.05, 3.63) is 77.6 Å². The van der Waals surface area contributed by atoms with Crippen LogP contribution in [0.5, 0.6) is 0 Å². The number of ketones is 1. The van der Waals surface area contributed by atoms with E-state index >= 15 is 0 Å². The zero-order valence-corrected chi connectivity index (χ0v) is 15.5. The first kappa shape index (κ1) is 18.3. The highest BCUT2D eigenvalue weighted by Crippen LogP contribution is 2.27. The highest BCUT2D eigenvalue weighted by molar-refractivity contribution is 6.12. The maximum Gasteiger partial charge on any atom is 0.164 e. The van der Waals surface area contributed by atoms with Crippen molar-refractivity contribution in [2.75, 3.05) is 0 Å². The van der Waals surface area contributed by atoms with E-state index in [-0.39, 0.29) is 17.1 Å². The number of benzene rings is 2. The molecule has 136 valence electrons. The summed E-state index contributed by atoms with van der Waals surface area (Å²) in [6.45, 7) is 4.90. The van der Waals surface area contributed by atoms with Gasteiger partial charge in [0.25, 0.3) is 0 Å². The number of allylic oxidation sites excluding steroid dienone is 2. The van der Waals surface area contributed by atoms with E-state index in [0.717, 1.165) is 16.9 Å². The molecule has 0 aliphatic rings. The lowest BCUT2D eigenvalue weighted by molar-refractivity contribution is -0.113. The van der Waals surface area contributed by atoms with Crippen molar-refractivity contribution in [1.82, 2.24) is 9.78 Å². The maximum absolute atomic E-state index is 11.7. The lowest BCUT2D eigenvalue weighted by atomic mass is 10.1. The number of hydrogen-bond donors (Lipinski definition) is 1. The SMILES string of the molecule is CC(=O)C(/C=N/c1cc(-c2ccc(C)cc2)nn1-c1ccccc1)=C(/C)O. The number of para-hydroxylation sites is 1. The number of aryl methyl sites for hydroxylation is 1. The first-order chi connectivity index (χ1) is 13.0. The van der Waals surface area contributed by atoms with E-state index in [0.29, 0.717) is 5.82 Å². The summed E-state index contributed by atoms with van der Waals surface area (Å²) in [5, 5.41) is 14.4. The molecule has 1 aromatic heterocycles. The maximum atomic E-state index is 11.7. The van der Waals surface area contributed by atoms with Gasteiger partial charge in [-0.15, -0.1) is 0 Å². The lowest BCUT2D eigenvalue weighted by Gasteiger charge is -2.04. The minimum Gasteiger partial charge on any atom is -0.512 e. The average molecular weight is 359 g/mol. The van der Waals surface area contributed by atoms with Crippen LogP contribution in [-0.4, -0.2) is 26.9 Å². The van der Waals surface area contributed by atoms with Gasteiger partial charge < -0.3 is 5.11 Å². The molecule has 0 bridgehead atoms. The number of aliphatic hydroxyl groups excluding tert-OH is 1. The Labute approximate surface area is 158 Å². The van der Waals surface area contributed by atoms with Gasteiger partial charge in [0.2, 0.25) is 0 Å². The van der Waals surface area contributed by atoms with E-state index in [1.807, 2.05) is 67.6 Å². The molecule has 1 heterocycles. The standard InChI is InChI=1S/C22H21N3O2/c1-15-9-11-18(12-10-15)21-13-22(23-14-20(16(2)26)17(3)27)25(24-21)19-7-5-4-6-8-19/h4-14,26H,1-3H3/b20-16-,23-14+. The molecule has 3 rings (SSSR count). The van der Waals surface area contributed by atoms with Crippen molar-refractivity contribution in [3.8, 4) is 16.9 Å². The summed E-state index contributed by atoms with van der Waals surface area (Å²) in [4.78, 5) is 16.1. The Hall–Kier alpha value is -3.47. The fraction of sp³-hybridized carbons (Fsp3) is 0.136. The topological polar surface area (TPSA) is 67.5 Å². The number of aliphatic hydroxyl groups is 1. The number of aliphatic imine (C=N–C) groups is 1. The minimum atomic E-state index is -0.247. The van der Waals surface area contributed by atoms with E-state index in [2.05, 4.69) is 10.1 Å². The van der Waals surface area contributed by atoms with Gasteiger partial charge in [-0.2, -0.15) is 5.10 Å². The molecule has 0 fully saturated rings. The zero-order valence-electron chi connectivity index (χ0n) is 15.5. The molecule has 27 heavy (non-hydrogen) atoms. The number of hydrogen-bond acceptors (Lipinski definition) is 4. The fourth-order valence-corrected chi connectivity index (χ4v) is 2.66. The van der Waals surface area contributed by atoms with Gasteiger partial charge in [-0.3, -0.25) is 4.79 Å². The summed E-state index contributed by atoms with van der Waals surface area (Å²) < 4.78 is 1.72. The molecule has 0 saturated carbocycles. The van der Waals surface area contributed by atoms with E-state index < -0.39 is 0 Å². The number of Topliss-reactive ketones (excluding diaryl/α,β-unsaturated/α-hetero) is 1. The van der Waals surface area contributed by atoms with Crippen LogP contribution in [-0.2, 0) is 4.79 Å². The first-order valence-electron chi connectivity index (χ1n) is 8.63. The largest absolute Gasteiger partial charge is 0.512 e. The van der Waals surface area contributed by atoms with Crippen LogP contribution < -0.4 is 0 Å². The summed E-state index contributed by atoms with van der Waals surface area (Å²) in [6, 6.07) is 19.6. The van der Waals surface area contributed by atoms with E-state index in [4.69, 9.17) is 0 Å². The van der Waals surface area contributed by atoms with E-state index in [9.17, 15) is 9.90 Å². The Morgan fingerprint density at radius 1 is 1.07 bits per heavy atom. The Balaban J connectivity index is 2.10. The van der Waals surface area contributed by atoms with Gasteiger partial charge in [0.1, 0.15) is 5.76 Å². The van der Waals surface area contributed by atoms with Crippen LogP contribution in [0.15, 0.2) is 77.0 Å². The molecule has 0 amide bonds. The third kappa shape index (κ3) is 4.20. The normalized spacial score (nSPS) is 12.3. The third-order valence-corrected chi connectivity index (χ3v) is 4.13. The molecule has 3 aromatic rings. The number of nitrogens with zero attached hydrogens (tertiary/aromatic N) is 3. The predicted octanol–water partition coefficient (Wildman–Crippen LogP) is 4.97. The molecule has 0 radical (unpaired) electrons. The predicted molar refractivity (Wildman–Crippen MR) is 108 cm³/mol. The zero-order chi connectivity index (χ0) is 19.4. The van der Waals surface area contributed by atoms with Crippen LogP contribution in [0, 0.1) is 6.92 Å². The van der Waals surface area contributed by atoms with Gasteiger partial charge in [0, 0.05) is 17.8 Å². The molecule has 0 aliphatic carbocycles. The molecule has 5 heteroatoms. The molecule has 0 atom stereocenters. The molecule has 0 spiro atoms. The summed E-state index contributed by atoms with van der Waals surface area (Å²) in [5.41, 5.74) is 3.96. The third-order valence-electron chi connectivity index (χ3n) is 4.13. The molecule has 1 N–H and O–H groups in total. The molecule has 0 unspecified atom stereocenters. The van der Waals surface area contributed by atoms with Gasteiger partial charge in [0.15, 0.2) is 11.6 Å². The van der Waals surface area contributed by atoms with Crippen LogP contribution >= 0.6 is 0 Å². The average Bonchev–Trinajstić information content (AvgIpc) is 3.07. The second kappa shape index (κ2) is 7.83. The monoisotopic (exact) mass is 359 g/mol. The summed E-state index contributed by atoms with van der Waals surface area (Å²) in [7, 11) is 0. The van der Waals surface area contributed by atoms with Crippen molar-refractivity contribution in [3.63, 3.8) is 0 Å². The molecular weight excluding hydrogens is 338 g/mol. The van der Waals surface area contributed by atoms with Gasteiger partial charge in [-0.05, 0) is 32.9 Å². The quantitative estimate of drug-likeness (QED) is 0.397. The molecule has 0 saturated heterocycles. The second-order valence-corrected chi connectivity index (χ2v) is 6.31. The molecular formula is C22H21N3O2. The number of rotatable bonds is 5. The van der Waals surface area contributed by atoms with Crippen molar-refractivity contribution in [1.29, 1.82) is 0 Å². The first-order valence-corrected chi connectivity index (χ1v) is 8.63. The smallest absolute Gasteiger partial charge is 0.164 e. The number of aromatic nitrogens is 2. The summed E-state index contributed by atoms with van der Waals surface area (Å²) >= 11 is 0. The summed E-state index contributed by atoms with van der Waals surface area (Å²) in [5.74, 6) is 0.260. The second-order valence-electron chi connectivity index (χ2n) is 6.31. The van der Waals surface area contributed by atoms with Crippen LogP contribution in [0.2, 0.25) is 0 Å². The van der Waals surface area contributed by atoms with Crippen molar-refractivity contribution < 1.29 is 9.90 Å². The van der Waals surface area contributed by atoms with Gasteiger partial charge in [-0.25, -0.2) is 9.67 Å². The Morgan fingerprint density at radius 3 is 2.33 bits per heavy atom. The fourth-order valence-electron chi connectivity index (χ4n) is 2.66. The van der Waals surface area contributed by atoms with Crippen LogP contribution in [0.3, 0.4) is 0 Å². The molecule has 5 nitrogen and oxygen atoms in total. The van der Waals surface area contributed by atoms with Crippen LogP contribution in [0.4, 0.5) is 5.82 Å². The number of carbonyl (C=O) groups excluding carboxylic acids is 1. The minimum absolute atomic E-state index is 0.0595. The van der Waals surface area contributed by atoms with Crippen molar-refractivity contribution in [2.45, 2.75) is 20.8 Å². The Kier molecular flexibility index (Phi) is 5.31.